The highest BCUT2D eigenvalue weighted by Gasteiger charge is 2.14. The van der Waals surface area contributed by atoms with Gasteiger partial charge in [0, 0.05) is 10.8 Å². The fourth-order valence-corrected chi connectivity index (χ4v) is 6.04. The molecule has 0 aromatic heterocycles. The fourth-order valence-electron chi connectivity index (χ4n) is 5.12. The van der Waals surface area contributed by atoms with Gasteiger partial charge in [0.15, 0.2) is 0 Å². The molecule has 0 bridgehead atoms. The van der Waals surface area contributed by atoms with E-state index in [1.54, 1.807) is 0 Å². The molecule has 38 heavy (non-hydrogen) atoms. The lowest BCUT2D eigenvalue weighted by atomic mass is 10.1. The topological polar surface area (TPSA) is 18.5 Å². The predicted molar refractivity (Wildman–Crippen MR) is 174 cm³/mol. The summed E-state index contributed by atoms with van der Waals surface area (Å²) in [5.41, 5.74) is 0. The lowest BCUT2D eigenvalue weighted by molar-refractivity contribution is 0.303. The van der Waals surface area contributed by atoms with Crippen molar-refractivity contribution in [3.05, 3.63) is 33.2 Å². The van der Waals surface area contributed by atoms with Gasteiger partial charge in [-0.3, -0.25) is 0 Å². The molecule has 0 saturated carbocycles. The second kappa shape index (κ2) is 22.0. The first-order chi connectivity index (χ1) is 18.7. The molecular formula is C34H54Br2O2. The van der Waals surface area contributed by atoms with Crippen molar-refractivity contribution in [3.8, 4) is 11.5 Å². The van der Waals surface area contributed by atoms with E-state index in [9.17, 15) is 0 Å². The van der Waals surface area contributed by atoms with Crippen LogP contribution in [0.15, 0.2) is 33.2 Å². The van der Waals surface area contributed by atoms with Crippen molar-refractivity contribution in [2.45, 2.75) is 142 Å². The Bertz CT molecular complexity index is 796. The molecule has 0 atom stereocenters. The highest BCUT2D eigenvalue weighted by Crippen LogP contribution is 2.41. The molecule has 4 heteroatoms. The monoisotopic (exact) mass is 652 g/mol. The molecule has 0 unspecified atom stereocenters. The summed E-state index contributed by atoms with van der Waals surface area (Å²) in [4.78, 5) is 0. The smallest absolute Gasteiger partial charge is 0.141 e. The molecule has 0 aliphatic rings. The van der Waals surface area contributed by atoms with E-state index in [1.165, 1.54) is 116 Å². The molecule has 0 heterocycles. The van der Waals surface area contributed by atoms with Gasteiger partial charge in [-0.15, -0.1) is 0 Å². The second-order valence-corrected chi connectivity index (χ2v) is 12.6. The zero-order valence-electron chi connectivity index (χ0n) is 24.4. The van der Waals surface area contributed by atoms with Crippen LogP contribution in [0, 0.1) is 0 Å². The number of fused-ring (bicyclic) bond motifs is 1. The van der Waals surface area contributed by atoms with Gasteiger partial charge in [-0.25, -0.2) is 0 Å². The molecule has 0 aliphatic heterocycles. The van der Waals surface area contributed by atoms with Crippen LogP contribution in [0.2, 0.25) is 0 Å². The van der Waals surface area contributed by atoms with E-state index in [2.05, 4.69) is 70.0 Å². The maximum atomic E-state index is 6.31. The quantitative estimate of drug-likeness (QED) is 0.105. The van der Waals surface area contributed by atoms with Gasteiger partial charge >= 0.3 is 0 Å². The number of ether oxygens (including phenoxy) is 2. The van der Waals surface area contributed by atoms with Gasteiger partial charge in [-0.2, -0.15) is 0 Å². The van der Waals surface area contributed by atoms with Crippen LogP contribution < -0.4 is 9.47 Å². The fraction of sp³-hybridized carbons (Fsp3) is 0.706. The van der Waals surface area contributed by atoms with Gasteiger partial charge in [-0.05, 0) is 69.0 Å². The lowest BCUT2D eigenvalue weighted by Crippen LogP contribution is -2.01. The van der Waals surface area contributed by atoms with Crippen LogP contribution in [0.5, 0.6) is 11.5 Å². The minimum absolute atomic E-state index is 0.763. The summed E-state index contributed by atoms with van der Waals surface area (Å²) in [7, 11) is 0. The first-order valence-corrected chi connectivity index (χ1v) is 17.4. The molecule has 2 aromatic rings. The summed E-state index contributed by atoms with van der Waals surface area (Å²) in [5, 5.41) is 2.24. The number of hydrogen-bond donors (Lipinski definition) is 0. The Hall–Kier alpha value is -0.740. The third-order valence-corrected chi connectivity index (χ3v) is 8.74. The van der Waals surface area contributed by atoms with E-state index in [0.29, 0.717) is 0 Å². The number of hydrogen-bond acceptors (Lipinski definition) is 2. The first kappa shape index (κ1) is 33.5. The van der Waals surface area contributed by atoms with Gasteiger partial charge in [0.25, 0.3) is 0 Å². The lowest BCUT2D eigenvalue weighted by Gasteiger charge is -2.16. The molecule has 2 nitrogen and oxygen atoms in total. The van der Waals surface area contributed by atoms with Gasteiger partial charge < -0.3 is 9.47 Å². The van der Waals surface area contributed by atoms with Crippen molar-refractivity contribution in [2.75, 3.05) is 13.2 Å². The van der Waals surface area contributed by atoms with Crippen molar-refractivity contribution in [1.29, 1.82) is 0 Å². The Morgan fingerprint density at radius 3 is 1.03 bits per heavy atom. The second-order valence-electron chi connectivity index (χ2n) is 10.9. The number of halogens is 2. The van der Waals surface area contributed by atoms with E-state index in [1.807, 2.05) is 0 Å². The summed E-state index contributed by atoms with van der Waals surface area (Å²) < 4.78 is 14.6. The zero-order chi connectivity index (χ0) is 27.3. The Morgan fingerprint density at radius 2 is 0.711 bits per heavy atom. The first-order valence-electron chi connectivity index (χ1n) is 15.8. The molecule has 2 aromatic carbocycles. The number of benzene rings is 2. The van der Waals surface area contributed by atoms with Crippen molar-refractivity contribution >= 4 is 42.6 Å². The standard InChI is InChI=1S/C34H54Br2O2/c1-3-5-7-9-11-13-15-17-19-21-27-37-33-29-23-26-32(36)34(30(29)24-25-31(33)35)38-28-22-20-18-16-14-12-10-8-6-4-2/h23-26H,3-22,27-28H2,1-2H3. The van der Waals surface area contributed by atoms with Crippen LogP contribution in [0.3, 0.4) is 0 Å². The van der Waals surface area contributed by atoms with E-state index >= 15 is 0 Å². The minimum Gasteiger partial charge on any atom is -0.492 e. The molecule has 0 radical (unpaired) electrons. The summed E-state index contributed by atoms with van der Waals surface area (Å²) in [6, 6.07) is 8.48. The molecule has 0 amide bonds. The zero-order valence-corrected chi connectivity index (χ0v) is 27.6. The maximum Gasteiger partial charge on any atom is 0.141 e. The van der Waals surface area contributed by atoms with Crippen LogP contribution in [0.4, 0.5) is 0 Å². The maximum absolute atomic E-state index is 6.31. The minimum atomic E-state index is 0.763. The van der Waals surface area contributed by atoms with Gasteiger partial charge in [0.05, 0.1) is 22.2 Å². The summed E-state index contributed by atoms with van der Waals surface area (Å²) in [6.45, 7) is 6.09. The highest BCUT2D eigenvalue weighted by molar-refractivity contribution is 9.11. The Kier molecular flexibility index (Phi) is 19.4. The molecule has 0 saturated heterocycles. The molecule has 0 spiro atoms. The predicted octanol–water partition coefficient (Wildman–Crippen LogP) is 13.0. The average Bonchev–Trinajstić information content (AvgIpc) is 2.92. The normalized spacial score (nSPS) is 11.4. The van der Waals surface area contributed by atoms with E-state index < -0.39 is 0 Å². The van der Waals surface area contributed by atoms with Gasteiger partial charge in [0.1, 0.15) is 11.5 Å². The SMILES string of the molecule is CCCCCCCCCCCCOc1c(Br)ccc2c(OCCCCCCCCCCCC)c(Br)ccc12. The molecule has 216 valence electrons. The van der Waals surface area contributed by atoms with Crippen LogP contribution in [-0.4, -0.2) is 13.2 Å². The van der Waals surface area contributed by atoms with Gasteiger partial charge in [0.2, 0.25) is 0 Å². The molecule has 0 N–H and O–H groups in total. The van der Waals surface area contributed by atoms with Crippen LogP contribution in [0.1, 0.15) is 142 Å². The van der Waals surface area contributed by atoms with Gasteiger partial charge in [-0.1, -0.05) is 129 Å². The molecule has 2 rings (SSSR count). The summed E-state index contributed by atoms with van der Waals surface area (Å²) >= 11 is 7.45. The molecular weight excluding hydrogens is 600 g/mol. The largest absolute Gasteiger partial charge is 0.492 e. The molecule has 0 aliphatic carbocycles. The Morgan fingerprint density at radius 1 is 0.421 bits per heavy atom. The van der Waals surface area contributed by atoms with Crippen molar-refractivity contribution in [1.82, 2.24) is 0 Å². The summed E-state index contributed by atoms with van der Waals surface area (Å²) in [6.07, 6.45) is 26.7. The van der Waals surface area contributed by atoms with E-state index in [4.69, 9.17) is 9.47 Å². The third-order valence-electron chi connectivity index (χ3n) is 7.49. The van der Waals surface area contributed by atoms with Crippen molar-refractivity contribution < 1.29 is 9.47 Å². The third kappa shape index (κ3) is 13.6. The Labute approximate surface area is 251 Å². The van der Waals surface area contributed by atoms with E-state index in [-0.39, 0.29) is 0 Å². The molecule has 0 fully saturated rings. The van der Waals surface area contributed by atoms with Crippen LogP contribution >= 0.6 is 31.9 Å². The van der Waals surface area contributed by atoms with Crippen molar-refractivity contribution in [2.24, 2.45) is 0 Å². The van der Waals surface area contributed by atoms with Crippen LogP contribution in [-0.2, 0) is 0 Å². The number of unbranched alkanes of at least 4 members (excludes halogenated alkanes) is 18. The van der Waals surface area contributed by atoms with E-state index in [0.717, 1.165) is 57.3 Å². The average molecular weight is 655 g/mol. The summed E-state index contributed by atoms with van der Waals surface area (Å²) in [5.74, 6) is 1.88. The van der Waals surface area contributed by atoms with Crippen LogP contribution in [0.25, 0.3) is 10.8 Å². The number of rotatable bonds is 24. The Balaban J connectivity index is 1.72. The van der Waals surface area contributed by atoms with Crippen molar-refractivity contribution in [3.63, 3.8) is 0 Å². The highest BCUT2D eigenvalue weighted by atomic mass is 79.9.